The Bertz CT molecular complexity index is 546. The molecule has 3 rings (SSSR count). The molecule has 19 heavy (non-hydrogen) atoms. The summed E-state index contributed by atoms with van der Waals surface area (Å²) in [6.07, 6.45) is 0.820. The van der Waals surface area contributed by atoms with E-state index < -0.39 is 11.8 Å². The van der Waals surface area contributed by atoms with Crippen LogP contribution in [0.2, 0.25) is 0 Å². The Kier molecular flexibility index (Phi) is 2.62. The third-order valence-electron chi connectivity index (χ3n) is 3.63. The molecule has 1 aromatic carbocycles. The topological polar surface area (TPSA) is 63.7 Å². The van der Waals surface area contributed by atoms with Crippen molar-refractivity contribution in [2.45, 2.75) is 13.3 Å². The molecule has 1 heterocycles. The monoisotopic (exact) mass is 259 g/mol. The smallest absolute Gasteiger partial charge is 0.310 e. The van der Waals surface area contributed by atoms with Gasteiger partial charge in [-0.3, -0.25) is 14.4 Å². The first-order valence-corrected chi connectivity index (χ1v) is 6.21. The molecule has 0 unspecified atom stereocenters. The highest BCUT2D eigenvalue weighted by Crippen LogP contribution is 2.38. The molecule has 1 aromatic rings. The largest absolute Gasteiger partial charge is 0.443 e. The SMILES string of the molecule is C[C@H]1C[C@H]1C(=O)OCN1C(=O)c2ccccc2C1=O. The van der Waals surface area contributed by atoms with Gasteiger partial charge in [-0.1, -0.05) is 19.1 Å². The fourth-order valence-electron chi connectivity index (χ4n) is 2.24. The Hall–Kier alpha value is -2.17. The van der Waals surface area contributed by atoms with Crippen molar-refractivity contribution in [3.63, 3.8) is 0 Å². The minimum Gasteiger partial charge on any atom is -0.443 e. The Morgan fingerprint density at radius 2 is 1.79 bits per heavy atom. The molecule has 1 aliphatic carbocycles. The van der Waals surface area contributed by atoms with Crippen molar-refractivity contribution in [3.8, 4) is 0 Å². The van der Waals surface area contributed by atoms with E-state index in [1.54, 1.807) is 24.3 Å². The van der Waals surface area contributed by atoms with Gasteiger partial charge in [0.2, 0.25) is 0 Å². The molecule has 0 bridgehead atoms. The maximum absolute atomic E-state index is 12.0. The van der Waals surface area contributed by atoms with E-state index in [-0.39, 0.29) is 18.6 Å². The number of rotatable bonds is 3. The molecule has 98 valence electrons. The Morgan fingerprint density at radius 3 is 2.26 bits per heavy atom. The average Bonchev–Trinajstić information content (AvgIpc) is 3.09. The first kappa shape index (κ1) is 11.9. The maximum Gasteiger partial charge on any atom is 0.310 e. The molecule has 1 aliphatic heterocycles. The van der Waals surface area contributed by atoms with Crippen LogP contribution in [0.25, 0.3) is 0 Å². The molecule has 5 nitrogen and oxygen atoms in total. The van der Waals surface area contributed by atoms with Crippen LogP contribution < -0.4 is 0 Å². The van der Waals surface area contributed by atoms with E-state index in [4.69, 9.17) is 4.74 Å². The summed E-state index contributed by atoms with van der Waals surface area (Å²) in [5, 5.41) is 0. The lowest BCUT2D eigenvalue weighted by Crippen LogP contribution is -2.33. The van der Waals surface area contributed by atoms with Gasteiger partial charge >= 0.3 is 5.97 Å². The van der Waals surface area contributed by atoms with Crippen molar-refractivity contribution in [2.24, 2.45) is 11.8 Å². The zero-order valence-corrected chi connectivity index (χ0v) is 10.5. The van der Waals surface area contributed by atoms with Gasteiger partial charge in [0, 0.05) is 0 Å². The van der Waals surface area contributed by atoms with Crippen LogP contribution in [-0.4, -0.2) is 29.4 Å². The second-order valence-corrected chi connectivity index (χ2v) is 5.00. The summed E-state index contributed by atoms with van der Waals surface area (Å²) in [6, 6.07) is 6.59. The lowest BCUT2D eigenvalue weighted by Gasteiger charge is -2.13. The Labute approximate surface area is 110 Å². The summed E-state index contributed by atoms with van der Waals surface area (Å²) in [4.78, 5) is 36.5. The minimum atomic E-state index is -0.405. The summed E-state index contributed by atoms with van der Waals surface area (Å²) in [7, 11) is 0. The van der Waals surface area contributed by atoms with E-state index in [1.807, 2.05) is 6.92 Å². The van der Waals surface area contributed by atoms with Crippen LogP contribution >= 0.6 is 0 Å². The van der Waals surface area contributed by atoms with E-state index in [0.29, 0.717) is 17.0 Å². The zero-order valence-electron chi connectivity index (χ0n) is 10.5. The van der Waals surface area contributed by atoms with E-state index in [2.05, 4.69) is 0 Å². The lowest BCUT2D eigenvalue weighted by atomic mass is 10.1. The highest BCUT2D eigenvalue weighted by atomic mass is 16.5. The molecule has 0 saturated heterocycles. The number of imide groups is 1. The lowest BCUT2D eigenvalue weighted by molar-refractivity contribution is -0.148. The summed E-state index contributed by atoms with van der Waals surface area (Å²) < 4.78 is 5.04. The normalized spacial score (nSPS) is 24.4. The number of carbonyl (C=O) groups is 3. The molecule has 0 aromatic heterocycles. The number of hydrogen-bond acceptors (Lipinski definition) is 4. The number of esters is 1. The van der Waals surface area contributed by atoms with Crippen molar-refractivity contribution >= 4 is 17.8 Å². The van der Waals surface area contributed by atoms with Crippen LogP contribution in [0, 0.1) is 11.8 Å². The van der Waals surface area contributed by atoms with E-state index in [0.717, 1.165) is 11.3 Å². The molecule has 2 aliphatic rings. The highest BCUT2D eigenvalue weighted by Gasteiger charge is 2.42. The first-order chi connectivity index (χ1) is 9.09. The van der Waals surface area contributed by atoms with Gasteiger partial charge in [0.1, 0.15) is 0 Å². The number of benzene rings is 1. The molecular formula is C14H13NO4. The Balaban J connectivity index is 1.69. The predicted octanol–water partition coefficient (Wildman–Crippen LogP) is 1.44. The van der Waals surface area contributed by atoms with Gasteiger partial charge in [-0.15, -0.1) is 0 Å². The fourth-order valence-corrected chi connectivity index (χ4v) is 2.24. The van der Waals surface area contributed by atoms with Gasteiger partial charge in [-0.25, -0.2) is 4.90 Å². The second-order valence-electron chi connectivity index (χ2n) is 5.00. The van der Waals surface area contributed by atoms with Crippen LogP contribution in [0.5, 0.6) is 0 Å². The van der Waals surface area contributed by atoms with E-state index in [1.165, 1.54) is 0 Å². The zero-order chi connectivity index (χ0) is 13.6. The summed E-state index contributed by atoms with van der Waals surface area (Å²) >= 11 is 0. The second kappa shape index (κ2) is 4.19. The highest BCUT2D eigenvalue weighted by molar-refractivity contribution is 6.21. The third kappa shape index (κ3) is 1.91. The molecule has 2 atom stereocenters. The number of carbonyl (C=O) groups excluding carboxylic acids is 3. The number of nitrogens with zero attached hydrogens (tertiary/aromatic N) is 1. The maximum atomic E-state index is 12.0. The number of fused-ring (bicyclic) bond motifs is 1. The van der Waals surface area contributed by atoms with E-state index >= 15 is 0 Å². The van der Waals surface area contributed by atoms with Crippen molar-refractivity contribution in [1.29, 1.82) is 0 Å². The van der Waals surface area contributed by atoms with E-state index in [9.17, 15) is 14.4 Å². The molecule has 0 spiro atoms. The predicted molar refractivity (Wildman–Crippen MR) is 65.2 cm³/mol. The molecule has 2 amide bonds. The summed E-state index contributed by atoms with van der Waals surface area (Å²) in [5.74, 6) is -0.872. The van der Waals surface area contributed by atoms with Crippen LogP contribution in [0.1, 0.15) is 34.1 Å². The summed E-state index contributed by atoms with van der Waals surface area (Å²) in [5.41, 5.74) is 0.728. The average molecular weight is 259 g/mol. The van der Waals surface area contributed by atoms with Gasteiger partial charge in [0.25, 0.3) is 11.8 Å². The number of amides is 2. The standard InChI is InChI=1S/C14H13NO4/c1-8-6-11(8)14(18)19-7-15-12(16)9-4-2-3-5-10(9)13(15)17/h2-5,8,11H,6-7H2,1H3/t8-,11+/m0/s1. The van der Waals surface area contributed by atoms with Crippen molar-refractivity contribution in [2.75, 3.05) is 6.73 Å². The number of ether oxygens (including phenoxy) is 1. The quantitative estimate of drug-likeness (QED) is 0.608. The van der Waals surface area contributed by atoms with Crippen LogP contribution in [0.15, 0.2) is 24.3 Å². The molecular weight excluding hydrogens is 246 g/mol. The van der Waals surface area contributed by atoms with Crippen molar-refractivity contribution < 1.29 is 19.1 Å². The van der Waals surface area contributed by atoms with Crippen molar-refractivity contribution in [1.82, 2.24) is 4.90 Å². The van der Waals surface area contributed by atoms with Gasteiger partial charge < -0.3 is 4.74 Å². The molecule has 1 fully saturated rings. The Morgan fingerprint density at radius 1 is 1.26 bits per heavy atom. The van der Waals surface area contributed by atoms with Gasteiger partial charge in [0.15, 0.2) is 6.73 Å². The molecule has 0 radical (unpaired) electrons. The number of hydrogen-bond donors (Lipinski definition) is 0. The first-order valence-electron chi connectivity index (χ1n) is 6.21. The van der Waals surface area contributed by atoms with Crippen LogP contribution in [-0.2, 0) is 9.53 Å². The van der Waals surface area contributed by atoms with Gasteiger partial charge in [-0.05, 0) is 24.5 Å². The third-order valence-corrected chi connectivity index (χ3v) is 3.63. The molecule has 5 heteroatoms. The minimum absolute atomic E-state index is 0.0739. The fraction of sp³-hybridized carbons (Fsp3) is 0.357. The van der Waals surface area contributed by atoms with Gasteiger partial charge in [0.05, 0.1) is 17.0 Å². The van der Waals surface area contributed by atoms with Gasteiger partial charge in [-0.2, -0.15) is 0 Å². The van der Waals surface area contributed by atoms with Crippen LogP contribution in [0.4, 0.5) is 0 Å². The van der Waals surface area contributed by atoms with Crippen LogP contribution in [0.3, 0.4) is 0 Å². The summed E-state index contributed by atoms with van der Waals surface area (Å²) in [6.45, 7) is 1.67. The van der Waals surface area contributed by atoms with Crippen molar-refractivity contribution in [3.05, 3.63) is 35.4 Å². The molecule has 1 saturated carbocycles. The molecule has 0 N–H and O–H groups in total.